The minimum absolute atomic E-state index is 0.0717. The molecule has 0 bridgehead atoms. The van der Waals surface area contributed by atoms with Crippen LogP contribution < -0.4 is 4.74 Å². The molecule has 0 aromatic carbocycles. The van der Waals surface area contributed by atoms with Crippen molar-refractivity contribution in [3.8, 4) is 5.88 Å². The second kappa shape index (κ2) is 6.76. The van der Waals surface area contributed by atoms with Gasteiger partial charge >= 0.3 is 0 Å². The number of carbonyl (C=O) groups excluding carboxylic acids is 1. The third-order valence-corrected chi connectivity index (χ3v) is 4.12. The molecule has 7 heteroatoms. The summed E-state index contributed by atoms with van der Waals surface area (Å²) < 4.78 is 7.48. The number of likely N-dealkylation sites (tertiary alicyclic amines) is 1. The van der Waals surface area contributed by atoms with Gasteiger partial charge in [0.25, 0.3) is 0 Å². The molecule has 1 saturated heterocycles. The fourth-order valence-corrected chi connectivity index (χ4v) is 2.68. The Kier molecular flexibility index (Phi) is 4.55. The minimum atomic E-state index is -0.325. The van der Waals surface area contributed by atoms with Crippen LogP contribution in [0, 0.1) is 6.92 Å². The number of amides is 1. The van der Waals surface area contributed by atoms with Crippen LogP contribution in [0.4, 0.5) is 0 Å². The predicted molar refractivity (Wildman–Crippen MR) is 83.9 cm³/mol. The van der Waals surface area contributed by atoms with Gasteiger partial charge in [-0.3, -0.25) is 4.79 Å². The lowest BCUT2D eigenvalue weighted by Gasteiger charge is -2.33. The van der Waals surface area contributed by atoms with Crippen molar-refractivity contribution in [3.05, 3.63) is 36.5 Å². The second-order valence-electron chi connectivity index (χ2n) is 5.87. The average molecular weight is 315 g/mol. The molecule has 3 rings (SSSR count). The maximum atomic E-state index is 12.5. The molecule has 0 unspecified atom stereocenters. The zero-order chi connectivity index (χ0) is 16.2. The summed E-state index contributed by atoms with van der Waals surface area (Å²) in [5, 5.41) is 4.04. The first-order valence-electron chi connectivity index (χ1n) is 7.85. The highest BCUT2D eigenvalue weighted by atomic mass is 16.5. The normalized spacial score (nSPS) is 17.0. The molecule has 0 radical (unpaired) electrons. The van der Waals surface area contributed by atoms with Crippen molar-refractivity contribution < 1.29 is 9.53 Å². The Morgan fingerprint density at radius 1 is 1.35 bits per heavy atom. The maximum absolute atomic E-state index is 12.5. The molecular weight excluding hydrogens is 294 g/mol. The standard InChI is InChI=1S/C16H21N5O2/c1-12-3-4-15(18-9-12)23-14-5-7-20(8-6-14)16(22)13(2)21-11-17-10-19-21/h3-4,9-11,13-14H,5-8H2,1-2H3/t13-/m1/s1. The monoisotopic (exact) mass is 315 g/mol. The lowest BCUT2D eigenvalue weighted by molar-refractivity contribution is -0.136. The van der Waals surface area contributed by atoms with E-state index in [-0.39, 0.29) is 18.1 Å². The third-order valence-electron chi connectivity index (χ3n) is 4.12. The van der Waals surface area contributed by atoms with Gasteiger partial charge in [0, 0.05) is 38.2 Å². The zero-order valence-corrected chi connectivity index (χ0v) is 13.4. The van der Waals surface area contributed by atoms with E-state index in [0.29, 0.717) is 19.0 Å². The number of pyridine rings is 1. The van der Waals surface area contributed by atoms with Gasteiger partial charge in [-0.05, 0) is 19.4 Å². The second-order valence-corrected chi connectivity index (χ2v) is 5.87. The van der Waals surface area contributed by atoms with E-state index >= 15 is 0 Å². The summed E-state index contributed by atoms with van der Waals surface area (Å²) in [5.74, 6) is 0.721. The Bertz CT molecular complexity index is 633. The number of aryl methyl sites for hydroxylation is 1. The SMILES string of the molecule is Cc1ccc(OC2CCN(C(=O)[C@@H](C)n3cncn3)CC2)nc1. The van der Waals surface area contributed by atoms with Crippen molar-refractivity contribution in [2.24, 2.45) is 0 Å². The quantitative estimate of drug-likeness (QED) is 0.857. The number of carbonyl (C=O) groups is 1. The van der Waals surface area contributed by atoms with Gasteiger partial charge in [-0.15, -0.1) is 0 Å². The van der Waals surface area contributed by atoms with Crippen molar-refractivity contribution in [1.29, 1.82) is 0 Å². The van der Waals surface area contributed by atoms with Crippen molar-refractivity contribution in [2.75, 3.05) is 13.1 Å². The molecule has 1 aliphatic rings. The molecule has 2 aromatic heterocycles. The number of hydrogen-bond donors (Lipinski definition) is 0. The van der Waals surface area contributed by atoms with Crippen molar-refractivity contribution in [1.82, 2.24) is 24.6 Å². The molecular formula is C16H21N5O2. The topological polar surface area (TPSA) is 73.1 Å². The largest absolute Gasteiger partial charge is 0.474 e. The molecule has 0 saturated carbocycles. The van der Waals surface area contributed by atoms with E-state index in [4.69, 9.17) is 4.74 Å². The molecule has 23 heavy (non-hydrogen) atoms. The molecule has 0 aliphatic carbocycles. The molecule has 0 N–H and O–H groups in total. The van der Waals surface area contributed by atoms with Gasteiger partial charge in [0.15, 0.2) is 0 Å². The Morgan fingerprint density at radius 3 is 2.74 bits per heavy atom. The number of piperidine rings is 1. The number of hydrogen-bond acceptors (Lipinski definition) is 5. The van der Waals surface area contributed by atoms with E-state index < -0.39 is 0 Å². The van der Waals surface area contributed by atoms with Crippen LogP contribution in [0.2, 0.25) is 0 Å². The van der Waals surface area contributed by atoms with Gasteiger partial charge in [0.05, 0.1) is 0 Å². The van der Waals surface area contributed by atoms with Gasteiger partial charge in [0.2, 0.25) is 11.8 Å². The van der Waals surface area contributed by atoms with Crippen LogP contribution in [-0.4, -0.2) is 49.7 Å². The van der Waals surface area contributed by atoms with Crippen molar-refractivity contribution >= 4 is 5.91 Å². The molecule has 2 aromatic rings. The highest BCUT2D eigenvalue weighted by Crippen LogP contribution is 2.19. The van der Waals surface area contributed by atoms with Gasteiger partial charge in [-0.2, -0.15) is 5.10 Å². The molecule has 0 spiro atoms. The van der Waals surface area contributed by atoms with Crippen LogP contribution in [0.3, 0.4) is 0 Å². The van der Waals surface area contributed by atoms with Crippen molar-refractivity contribution in [3.63, 3.8) is 0 Å². The summed E-state index contributed by atoms with van der Waals surface area (Å²) in [4.78, 5) is 22.5. The number of aromatic nitrogens is 4. The summed E-state index contributed by atoms with van der Waals surface area (Å²) in [6.45, 7) is 5.22. The summed E-state index contributed by atoms with van der Waals surface area (Å²) >= 11 is 0. The molecule has 1 fully saturated rings. The van der Waals surface area contributed by atoms with Crippen LogP contribution in [0.15, 0.2) is 31.0 Å². The van der Waals surface area contributed by atoms with E-state index in [1.807, 2.05) is 30.9 Å². The molecule has 1 atom stereocenters. The number of rotatable bonds is 4. The average Bonchev–Trinajstić information content (AvgIpc) is 3.11. The highest BCUT2D eigenvalue weighted by molar-refractivity contribution is 5.80. The Labute approximate surface area is 135 Å². The molecule has 1 amide bonds. The van der Waals surface area contributed by atoms with Gasteiger partial charge in [-0.25, -0.2) is 14.6 Å². The fourth-order valence-electron chi connectivity index (χ4n) is 2.68. The van der Waals surface area contributed by atoms with E-state index in [1.165, 1.54) is 6.33 Å². The van der Waals surface area contributed by atoms with E-state index in [2.05, 4.69) is 15.1 Å². The number of nitrogens with zero attached hydrogens (tertiary/aromatic N) is 5. The van der Waals surface area contributed by atoms with E-state index in [1.54, 1.807) is 17.2 Å². The first kappa shape index (κ1) is 15.5. The van der Waals surface area contributed by atoms with Crippen molar-refractivity contribution in [2.45, 2.75) is 38.8 Å². The molecule has 1 aliphatic heterocycles. The van der Waals surface area contributed by atoms with Gasteiger partial charge in [0.1, 0.15) is 24.8 Å². The third kappa shape index (κ3) is 3.67. The molecule has 122 valence electrons. The fraction of sp³-hybridized carbons (Fsp3) is 0.500. The van der Waals surface area contributed by atoms with Gasteiger partial charge in [-0.1, -0.05) is 6.07 Å². The van der Waals surface area contributed by atoms with Crippen LogP contribution in [0.25, 0.3) is 0 Å². The molecule has 3 heterocycles. The predicted octanol–water partition coefficient (Wildman–Crippen LogP) is 1.61. The summed E-state index contributed by atoms with van der Waals surface area (Å²) in [7, 11) is 0. The smallest absolute Gasteiger partial charge is 0.247 e. The lowest BCUT2D eigenvalue weighted by Crippen LogP contribution is -2.44. The summed E-state index contributed by atoms with van der Waals surface area (Å²) in [6.07, 6.45) is 6.54. The van der Waals surface area contributed by atoms with E-state index in [9.17, 15) is 4.79 Å². The lowest BCUT2D eigenvalue weighted by atomic mass is 10.1. The zero-order valence-electron chi connectivity index (χ0n) is 13.4. The molecule has 7 nitrogen and oxygen atoms in total. The number of ether oxygens (including phenoxy) is 1. The maximum Gasteiger partial charge on any atom is 0.247 e. The van der Waals surface area contributed by atoms with Crippen LogP contribution in [-0.2, 0) is 4.79 Å². The first-order valence-corrected chi connectivity index (χ1v) is 7.85. The summed E-state index contributed by atoms with van der Waals surface area (Å²) in [6, 6.07) is 3.55. The van der Waals surface area contributed by atoms with Crippen LogP contribution in [0.5, 0.6) is 5.88 Å². The first-order chi connectivity index (χ1) is 11.1. The Morgan fingerprint density at radius 2 is 2.13 bits per heavy atom. The van der Waals surface area contributed by atoms with E-state index in [0.717, 1.165) is 18.4 Å². The Hall–Kier alpha value is -2.44. The highest BCUT2D eigenvalue weighted by Gasteiger charge is 2.28. The Balaban J connectivity index is 1.52. The summed E-state index contributed by atoms with van der Waals surface area (Å²) in [5.41, 5.74) is 1.11. The van der Waals surface area contributed by atoms with Crippen LogP contribution >= 0.6 is 0 Å². The van der Waals surface area contributed by atoms with Crippen LogP contribution in [0.1, 0.15) is 31.4 Å². The van der Waals surface area contributed by atoms with Gasteiger partial charge < -0.3 is 9.64 Å². The minimum Gasteiger partial charge on any atom is -0.474 e.